The second-order valence-electron chi connectivity index (χ2n) is 4.08. The minimum absolute atomic E-state index is 0.0293. The first-order valence-electron chi connectivity index (χ1n) is 5.69. The molecule has 86 valence electrons. The van der Waals surface area contributed by atoms with Crippen LogP contribution in [0.15, 0.2) is 55.1 Å². The van der Waals surface area contributed by atoms with Crippen molar-refractivity contribution < 1.29 is 4.74 Å². The molecule has 0 saturated carbocycles. The molecule has 0 bridgehead atoms. The lowest BCUT2D eigenvalue weighted by Gasteiger charge is -2.13. The zero-order chi connectivity index (χ0) is 11.8. The molecule has 1 nitrogen and oxygen atoms in total. The molecule has 0 aliphatic carbocycles. The monoisotopic (exact) mass is 216 g/mol. The van der Waals surface area contributed by atoms with Crippen LogP contribution in [0.2, 0.25) is 0 Å². The Morgan fingerprint density at radius 2 is 1.88 bits per heavy atom. The number of ether oxygens (including phenoxy) is 1. The number of hydrogen-bond donors (Lipinski definition) is 0. The summed E-state index contributed by atoms with van der Waals surface area (Å²) in [6, 6.07) is 10.2. The number of allylic oxidation sites excluding steroid dienone is 1. The second kappa shape index (κ2) is 7.02. The highest BCUT2D eigenvalue weighted by atomic mass is 16.5. The molecule has 0 aliphatic rings. The van der Waals surface area contributed by atoms with Gasteiger partial charge >= 0.3 is 0 Å². The van der Waals surface area contributed by atoms with Gasteiger partial charge in [0.15, 0.2) is 0 Å². The maximum Gasteiger partial charge on any atom is 0.101 e. The molecule has 1 rings (SSSR count). The minimum atomic E-state index is 0.0293. The predicted octanol–water partition coefficient (Wildman–Crippen LogP) is 4.14. The highest BCUT2D eigenvalue weighted by molar-refractivity contribution is 5.21. The summed E-state index contributed by atoms with van der Waals surface area (Å²) >= 11 is 0. The Kier molecular flexibility index (Phi) is 5.58. The van der Waals surface area contributed by atoms with Crippen LogP contribution in [-0.2, 0) is 4.74 Å². The van der Waals surface area contributed by atoms with Crippen molar-refractivity contribution in [3.05, 3.63) is 60.7 Å². The normalized spacial score (nSPS) is 13.2. The van der Waals surface area contributed by atoms with E-state index in [1.165, 1.54) is 5.56 Å². The first-order valence-corrected chi connectivity index (χ1v) is 5.69. The first kappa shape index (κ1) is 12.7. The van der Waals surface area contributed by atoms with Crippen LogP contribution < -0.4 is 0 Å². The molecule has 0 aromatic heterocycles. The second-order valence-corrected chi connectivity index (χ2v) is 4.08. The quantitative estimate of drug-likeness (QED) is 0.649. The smallest absolute Gasteiger partial charge is 0.101 e. The first-order chi connectivity index (χ1) is 7.74. The third-order valence-electron chi connectivity index (χ3n) is 2.19. The summed E-state index contributed by atoms with van der Waals surface area (Å²) in [6.07, 6.45) is 6.09. The molecule has 0 radical (unpaired) electrons. The highest BCUT2D eigenvalue weighted by Crippen LogP contribution is 2.19. The molecule has 16 heavy (non-hydrogen) atoms. The molecule has 1 heteroatoms. The van der Waals surface area contributed by atoms with Crippen molar-refractivity contribution in [2.45, 2.75) is 20.0 Å². The molecule has 1 unspecified atom stereocenters. The van der Waals surface area contributed by atoms with E-state index in [-0.39, 0.29) is 6.10 Å². The summed E-state index contributed by atoms with van der Waals surface area (Å²) in [6.45, 7) is 8.56. The Morgan fingerprint density at radius 1 is 1.19 bits per heavy atom. The molecular formula is C15H20O. The van der Waals surface area contributed by atoms with E-state index in [2.05, 4.69) is 44.7 Å². The van der Waals surface area contributed by atoms with E-state index < -0.39 is 0 Å². The predicted molar refractivity (Wildman–Crippen MR) is 69.3 cm³/mol. The summed E-state index contributed by atoms with van der Waals surface area (Å²) in [5.74, 6) is 0.540. The summed E-state index contributed by atoms with van der Waals surface area (Å²) in [4.78, 5) is 0. The maximum atomic E-state index is 5.72. The number of hydrogen-bond acceptors (Lipinski definition) is 1. The van der Waals surface area contributed by atoms with Crippen LogP contribution in [0.3, 0.4) is 0 Å². The van der Waals surface area contributed by atoms with E-state index in [0.29, 0.717) is 12.5 Å². The van der Waals surface area contributed by atoms with Gasteiger partial charge in [-0.2, -0.15) is 0 Å². The van der Waals surface area contributed by atoms with E-state index >= 15 is 0 Å². The van der Waals surface area contributed by atoms with Gasteiger partial charge < -0.3 is 4.74 Å². The zero-order valence-corrected chi connectivity index (χ0v) is 10.1. The van der Waals surface area contributed by atoms with Crippen molar-refractivity contribution in [1.82, 2.24) is 0 Å². The largest absolute Gasteiger partial charge is 0.365 e. The Balaban J connectivity index is 2.74. The van der Waals surface area contributed by atoms with Crippen LogP contribution in [0.1, 0.15) is 25.5 Å². The lowest BCUT2D eigenvalue weighted by Crippen LogP contribution is -2.01. The SMILES string of the molecule is C=CCOC(/C=C/C(C)C)c1ccccc1. The van der Waals surface area contributed by atoms with Gasteiger partial charge in [-0.1, -0.05) is 62.4 Å². The molecule has 0 saturated heterocycles. The minimum Gasteiger partial charge on any atom is -0.365 e. The molecule has 0 N–H and O–H groups in total. The third kappa shape index (κ3) is 4.45. The molecule has 0 heterocycles. The standard InChI is InChI=1S/C15H20O/c1-4-12-16-15(11-10-13(2)3)14-8-6-5-7-9-14/h4-11,13,15H,1,12H2,2-3H3/b11-10+. The van der Waals surface area contributed by atoms with Crippen molar-refractivity contribution >= 4 is 0 Å². The average molecular weight is 216 g/mol. The highest BCUT2D eigenvalue weighted by Gasteiger charge is 2.06. The Morgan fingerprint density at radius 3 is 2.44 bits per heavy atom. The molecular weight excluding hydrogens is 196 g/mol. The number of rotatable bonds is 6. The fourth-order valence-electron chi connectivity index (χ4n) is 1.40. The Hall–Kier alpha value is -1.34. The molecule has 1 atom stereocenters. The summed E-state index contributed by atoms with van der Waals surface area (Å²) in [5, 5.41) is 0. The van der Waals surface area contributed by atoms with Gasteiger partial charge in [-0.05, 0) is 11.5 Å². The van der Waals surface area contributed by atoms with Crippen LogP contribution >= 0.6 is 0 Å². The maximum absolute atomic E-state index is 5.72. The summed E-state index contributed by atoms with van der Waals surface area (Å²) in [7, 11) is 0. The van der Waals surface area contributed by atoms with Crippen LogP contribution in [0, 0.1) is 5.92 Å². The molecule has 0 fully saturated rings. The number of benzene rings is 1. The average Bonchev–Trinajstić information content (AvgIpc) is 2.30. The topological polar surface area (TPSA) is 9.23 Å². The lowest BCUT2D eigenvalue weighted by molar-refractivity contribution is 0.110. The molecule has 0 spiro atoms. The van der Waals surface area contributed by atoms with Gasteiger partial charge in [-0.25, -0.2) is 0 Å². The molecule has 0 aliphatic heterocycles. The van der Waals surface area contributed by atoms with Crippen molar-refractivity contribution in [2.75, 3.05) is 6.61 Å². The van der Waals surface area contributed by atoms with E-state index in [1.807, 2.05) is 18.2 Å². The van der Waals surface area contributed by atoms with Crippen LogP contribution in [0.25, 0.3) is 0 Å². The van der Waals surface area contributed by atoms with Gasteiger partial charge in [0, 0.05) is 0 Å². The lowest BCUT2D eigenvalue weighted by atomic mass is 10.1. The molecule has 1 aromatic rings. The third-order valence-corrected chi connectivity index (χ3v) is 2.19. The van der Waals surface area contributed by atoms with Gasteiger partial charge in [0.05, 0.1) is 6.61 Å². The van der Waals surface area contributed by atoms with Crippen LogP contribution in [0.5, 0.6) is 0 Å². The zero-order valence-electron chi connectivity index (χ0n) is 10.1. The van der Waals surface area contributed by atoms with Crippen molar-refractivity contribution in [3.63, 3.8) is 0 Å². The fourth-order valence-corrected chi connectivity index (χ4v) is 1.40. The van der Waals surface area contributed by atoms with Crippen LogP contribution in [0.4, 0.5) is 0 Å². The summed E-state index contributed by atoms with van der Waals surface area (Å²) < 4.78 is 5.72. The van der Waals surface area contributed by atoms with Gasteiger partial charge in [0.1, 0.15) is 6.10 Å². The molecule has 1 aromatic carbocycles. The van der Waals surface area contributed by atoms with Gasteiger partial charge in [0.2, 0.25) is 0 Å². The van der Waals surface area contributed by atoms with Crippen molar-refractivity contribution in [2.24, 2.45) is 5.92 Å². The van der Waals surface area contributed by atoms with E-state index in [0.717, 1.165) is 0 Å². The van der Waals surface area contributed by atoms with Gasteiger partial charge in [0.25, 0.3) is 0 Å². The fraction of sp³-hybridized carbons (Fsp3) is 0.333. The Labute approximate surface area is 98.5 Å². The van der Waals surface area contributed by atoms with Crippen molar-refractivity contribution in [3.8, 4) is 0 Å². The Bertz CT molecular complexity index is 325. The summed E-state index contributed by atoms with van der Waals surface area (Å²) in [5.41, 5.74) is 1.18. The van der Waals surface area contributed by atoms with Gasteiger partial charge in [-0.15, -0.1) is 6.58 Å². The van der Waals surface area contributed by atoms with E-state index in [9.17, 15) is 0 Å². The van der Waals surface area contributed by atoms with Crippen molar-refractivity contribution in [1.29, 1.82) is 0 Å². The van der Waals surface area contributed by atoms with Crippen LogP contribution in [-0.4, -0.2) is 6.61 Å². The van der Waals surface area contributed by atoms with Gasteiger partial charge in [-0.3, -0.25) is 0 Å². The van der Waals surface area contributed by atoms with E-state index in [4.69, 9.17) is 4.74 Å². The molecule has 0 amide bonds. The van der Waals surface area contributed by atoms with E-state index in [1.54, 1.807) is 6.08 Å².